The summed E-state index contributed by atoms with van der Waals surface area (Å²) in [6.45, 7) is 1.34. The van der Waals surface area contributed by atoms with E-state index in [4.69, 9.17) is 23.2 Å². The second-order valence-electron chi connectivity index (χ2n) is 10.3. The molecule has 3 aromatic carbocycles. The number of hydrogen-bond acceptors (Lipinski definition) is 6. The number of aryl methyl sites for hydroxylation is 1. The van der Waals surface area contributed by atoms with Crippen molar-refractivity contribution in [3.8, 4) is 0 Å². The monoisotopic (exact) mass is 677 g/mol. The lowest BCUT2D eigenvalue weighted by Crippen LogP contribution is -2.33. The predicted molar refractivity (Wildman–Crippen MR) is 164 cm³/mol. The maximum Gasteiger partial charge on any atom is 0.416 e. The molecule has 0 saturated carbocycles. The van der Waals surface area contributed by atoms with Crippen LogP contribution in [0.1, 0.15) is 27.5 Å². The molecule has 2 aliphatic rings. The van der Waals surface area contributed by atoms with Gasteiger partial charge in [-0.05, 0) is 48.9 Å². The molecule has 2 unspecified atom stereocenters. The van der Waals surface area contributed by atoms with E-state index in [9.17, 15) is 32.3 Å². The number of carbonyl (C=O) groups excluding carboxylic acids is 3. The molecular formula is C30H20Cl2F3N3O4S2. The molecule has 1 N–H and O–H groups in total. The van der Waals surface area contributed by atoms with E-state index in [-0.39, 0.29) is 15.7 Å². The van der Waals surface area contributed by atoms with Gasteiger partial charge in [0.2, 0.25) is 17.7 Å². The Hall–Kier alpha value is -3.58. The minimum Gasteiger partial charge on any atom is -0.325 e. The van der Waals surface area contributed by atoms with Gasteiger partial charge in [-0.2, -0.15) is 13.2 Å². The Morgan fingerprint density at radius 1 is 0.977 bits per heavy atom. The number of carbonyl (C=O) groups is 3. The predicted octanol–water partition coefficient (Wildman–Crippen LogP) is 6.98. The normalized spacial score (nSPS) is 19.6. The summed E-state index contributed by atoms with van der Waals surface area (Å²) < 4.78 is 40.7. The van der Waals surface area contributed by atoms with Gasteiger partial charge in [-0.3, -0.25) is 23.7 Å². The number of alkyl halides is 3. The summed E-state index contributed by atoms with van der Waals surface area (Å²) in [6, 6.07) is 16.0. The van der Waals surface area contributed by atoms with Gasteiger partial charge in [0.1, 0.15) is 11.8 Å². The number of amides is 3. The van der Waals surface area contributed by atoms with Crippen LogP contribution in [-0.2, 0) is 27.1 Å². The number of rotatable bonds is 5. The zero-order valence-corrected chi connectivity index (χ0v) is 25.7. The van der Waals surface area contributed by atoms with E-state index >= 15 is 0 Å². The molecule has 0 bridgehead atoms. The molecule has 3 atom stereocenters. The van der Waals surface area contributed by atoms with Crippen LogP contribution in [0.5, 0.6) is 0 Å². The molecule has 1 aromatic heterocycles. The molecular weight excluding hydrogens is 658 g/mol. The van der Waals surface area contributed by atoms with Crippen molar-refractivity contribution in [3.63, 3.8) is 0 Å². The fourth-order valence-corrected chi connectivity index (χ4v) is 8.61. The van der Waals surface area contributed by atoms with E-state index in [2.05, 4.69) is 5.32 Å². The first-order chi connectivity index (χ1) is 20.8. The molecule has 3 amide bonds. The minimum absolute atomic E-state index is 0.0939. The van der Waals surface area contributed by atoms with Crippen molar-refractivity contribution >= 4 is 75.4 Å². The summed E-state index contributed by atoms with van der Waals surface area (Å²) >= 11 is 14.8. The molecule has 0 aliphatic carbocycles. The van der Waals surface area contributed by atoms with Crippen molar-refractivity contribution in [2.75, 3.05) is 10.2 Å². The maximum atomic E-state index is 14.0. The Balaban J connectivity index is 1.40. The second kappa shape index (κ2) is 11.4. The molecule has 0 radical (unpaired) electrons. The number of thioether (sulfide) groups is 1. The van der Waals surface area contributed by atoms with E-state index < -0.39 is 58.0 Å². The molecule has 44 heavy (non-hydrogen) atoms. The fraction of sp³-hybridized carbons (Fsp3) is 0.200. The number of fused-ring (bicyclic) bond motifs is 2. The van der Waals surface area contributed by atoms with Gasteiger partial charge in [0, 0.05) is 16.5 Å². The molecule has 226 valence electrons. The van der Waals surface area contributed by atoms with Gasteiger partial charge < -0.3 is 5.32 Å². The zero-order chi connectivity index (χ0) is 31.5. The number of benzene rings is 3. The summed E-state index contributed by atoms with van der Waals surface area (Å²) in [5, 5.41) is 2.14. The number of nitrogens with zero attached hydrogens (tertiary/aromatic N) is 2. The van der Waals surface area contributed by atoms with Gasteiger partial charge in [-0.25, -0.2) is 4.90 Å². The number of thiazole rings is 1. The lowest BCUT2D eigenvalue weighted by Gasteiger charge is -2.31. The molecule has 2 aliphatic heterocycles. The van der Waals surface area contributed by atoms with Crippen LogP contribution in [0.4, 0.5) is 24.5 Å². The van der Waals surface area contributed by atoms with E-state index in [0.717, 1.165) is 51.8 Å². The Labute approximate surface area is 266 Å². The average molecular weight is 679 g/mol. The number of nitrogens with one attached hydrogen (secondary N) is 1. The van der Waals surface area contributed by atoms with Gasteiger partial charge >= 0.3 is 11.0 Å². The largest absolute Gasteiger partial charge is 0.416 e. The highest BCUT2D eigenvalue weighted by molar-refractivity contribution is 8.00. The van der Waals surface area contributed by atoms with E-state index in [0.29, 0.717) is 21.2 Å². The molecule has 4 aromatic rings. The quantitative estimate of drug-likeness (QED) is 0.230. The average Bonchev–Trinajstić information content (AvgIpc) is 3.41. The van der Waals surface area contributed by atoms with E-state index in [1.165, 1.54) is 10.6 Å². The van der Waals surface area contributed by atoms with Crippen LogP contribution >= 0.6 is 46.3 Å². The first-order valence-electron chi connectivity index (χ1n) is 13.1. The van der Waals surface area contributed by atoms with Crippen LogP contribution in [0.2, 0.25) is 10.0 Å². The summed E-state index contributed by atoms with van der Waals surface area (Å²) in [5.41, 5.74) is 0.759. The van der Waals surface area contributed by atoms with Gasteiger partial charge in [0.15, 0.2) is 0 Å². The molecule has 1 fully saturated rings. The number of hydrogen-bond donors (Lipinski definition) is 1. The van der Waals surface area contributed by atoms with Crippen LogP contribution in [-0.4, -0.2) is 27.5 Å². The summed E-state index contributed by atoms with van der Waals surface area (Å²) in [5.74, 6) is -3.45. The highest BCUT2D eigenvalue weighted by atomic mass is 35.5. The summed E-state index contributed by atoms with van der Waals surface area (Å²) in [4.78, 5) is 55.2. The molecule has 1 saturated heterocycles. The van der Waals surface area contributed by atoms with E-state index in [1.54, 1.807) is 42.5 Å². The fourth-order valence-electron chi connectivity index (χ4n) is 5.42. The van der Waals surface area contributed by atoms with Crippen molar-refractivity contribution in [2.45, 2.75) is 35.8 Å². The number of anilines is 2. The summed E-state index contributed by atoms with van der Waals surface area (Å²) in [7, 11) is 0. The number of aromatic nitrogens is 1. The van der Waals surface area contributed by atoms with Crippen LogP contribution < -0.4 is 15.1 Å². The topological polar surface area (TPSA) is 88.5 Å². The van der Waals surface area contributed by atoms with Crippen molar-refractivity contribution < 1.29 is 27.6 Å². The van der Waals surface area contributed by atoms with Crippen molar-refractivity contribution in [2.24, 2.45) is 5.92 Å². The lowest BCUT2D eigenvalue weighted by molar-refractivity contribution is -0.137. The Kier molecular flexibility index (Phi) is 7.89. The molecule has 3 heterocycles. The highest BCUT2D eigenvalue weighted by Gasteiger charge is 2.57. The van der Waals surface area contributed by atoms with Crippen LogP contribution in [0.25, 0.3) is 0 Å². The van der Waals surface area contributed by atoms with Crippen molar-refractivity contribution in [3.05, 3.63) is 108 Å². The van der Waals surface area contributed by atoms with Crippen molar-refractivity contribution in [1.29, 1.82) is 0 Å². The van der Waals surface area contributed by atoms with Crippen molar-refractivity contribution in [1.82, 2.24) is 4.57 Å². The third-order valence-corrected chi connectivity index (χ3v) is 10.9. The van der Waals surface area contributed by atoms with E-state index in [1.807, 2.05) is 6.92 Å². The summed E-state index contributed by atoms with van der Waals surface area (Å²) in [6.07, 6.45) is -4.61. The third-order valence-electron chi connectivity index (χ3n) is 7.43. The molecule has 0 spiro atoms. The Bertz CT molecular complexity index is 1890. The highest BCUT2D eigenvalue weighted by Crippen LogP contribution is 2.55. The van der Waals surface area contributed by atoms with Crippen LogP contribution in [0, 0.1) is 12.8 Å². The molecule has 6 rings (SSSR count). The number of halogens is 5. The van der Waals surface area contributed by atoms with Crippen LogP contribution in [0.3, 0.4) is 0 Å². The SMILES string of the molecule is Cc1ccc(N2C(=O)C3Sc4c(sc(=O)n4CC(=O)Nc4cccc(C(F)(F)F)c4)[C@H](c4cccc(Cl)c4Cl)C3C2=O)cc1. The van der Waals surface area contributed by atoms with Gasteiger partial charge in [0.05, 0.1) is 32.2 Å². The first-order valence-corrected chi connectivity index (χ1v) is 15.6. The van der Waals surface area contributed by atoms with Gasteiger partial charge in [0.25, 0.3) is 0 Å². The molecule has 14 heteroatoms. The Morgan fingerprint density at radius 2 is 1.68 bits per heavy atom. The number of imide groups is 1. The second-order valence-corrected chi connectivity index (χ2v) is 13.2. The Morgan fingerprint density at radius 3 is 2.39 bits per heavy atom. The van der Waals surface area contributed by atoms with Gasteiger partial charge in [-0.15, -0.1) is 0 Å². The maximum absolute atomic E-state index is 14.0. The first kappa shape index (κ1) is 30.4. The smallest absolute Gasteiger partial charge is 0.325 e. The zero-order valence-electron chi connectivity index (χ0n) is 22.5. The third kappa shape index (κ3) is 5.33. The van der Waals surface area contributed by atoms with Gasteiger partial charge in [-0.1, -0.05) is 82.2 Å². The minimum atomic E-state index is -4.61. The van der Waals surface area contributed by atoms with Crippen LogP contribution in [0.15, 0.2) is 76.6 Å². The molecule has 7 nitrogen and oxygen atoms in total. The lowest BCUT2D eigenvalue weighted by atomic mass is 9.83. The standard InChI is InChI=1S/C30H20Cl2F3N3O4S2/c1-14-8-10-17(11-9-14)38-26(40)22-21(18-6-3-7-19(31)23(18)32)25-28(43-24(22)27(38)41)37(29(42)44-25)13-20(39)36-16-5-2-4-15(12-16)30(33,34)35/h2-12,21-22,24H,13H2,1H3,(H,36,39)/t21-,22?,24?/m1/s1.